The molecule has 32 heavy (non-hydrogen) atoms. The highest BCUT2D eigenvalue weighted by atomic mass is 19.3. The van der Waals surface area contributed by atoms with Crippen molar-refractivity contribution in [2.45, 2.75) is 38.0 Å². The third kappa shape index (κ3) is 3.07. The van der Waals surface area contributed by atoms with Gasteiger partial charge in [-0.05, 0) is 30.3 Å². The molecule has 0 fully saturated rings. The first kappa shape index (κ1) is 16.7. The van der Waals surface area contributed by atoms with Gasteiger partial charge < -0.3 is 14.2 Å². The molecule has 6 nitrogen and oxygen atoms in total. The molecule has 0 N–H and O–H groups in total. The zero-order valence-electron chi connectivity index (χ0n) is 19.7. The SMILES string of the molecule is [2H]C([2H])([2H])N1C(=O)c2cccc(OC(F)F)c2[C@H]2C[C@@H]1c1nc3ccc(C#CCCC#N)cc3n12. The molecule has 5 rings (SSSR count). The van der Waals surface area contributed by atoms with E-state index in [0.717, 1.165) is 4.90 Å². The van der Waals surface area contributed by atoms with Gasteiger partial charge in [-0.2, -0.15) is 14.0 Å². The highest BCUT2D eigenvalue weighted by molar-refractivity contribution is 5.97. The zero-order valence-corrected chi connectivity index (χ0v) is 16.7. The Balaban J connectivity index is 1.74. The molecule has 0 radical (unpaired) electrons. The number of unbranched alkanes of at least 4 members (excludes halogenated alkanes) is 1. The van der Waals surface area contributed by atoms with Crippen LogP contribution in [0.25, 0.3) is 11.0 Å². The van der Waals surface area contributed by atoms with E-state index in [1.807, 2.05) is 6.07 Å². The van der Waals surface area contributed by atoms with Crippen LogP contribution in [-0.4, -0.2) is 33.9 Å². The average molecular weight is 435 g/mol. The minimum Gasteiger partial charge on any atom is -0.434 e. The molecule has 2 aromatic carbocycles. The van der Waals surface area contributed by atoms with Crippen molar-refractivity contribution in [1.29, 1.82) is 5.26 Å². The lowest BCUT2D eigenvalue weighted by atomic mass is 9.97. The maximum absolute atomic E-state index is 13.4. The Hall–Kier alpha value is -3.91. The van der Waals surface area contributed by atoms with E-state index in [1.165, 1.54) is 18.2 Å². The number of nitrogens with zero attached hydrogens (tertiary/aromatic N) is 4. The third-order valence-electron chi connectivity index (χ3n) is 5.74. The number of carbonyl (C=O) groups is 1. The van der Waals surface area contributed by atoms with Crippen LogP contribution in [0.3, 0.4) is 0 Å². The number of halogens is 2. The topological polar surface area (TPSA) is 71.2 Å². The second kappa shape index (κ2) is 7.65. The van der Waals surface area contributed by atoms with Crippen LogP contribution in [0.5, 0.6) is 5.75 Å². The first-order valence-electron chi connectivity index (χ1n) is 11.5. The summed E-state index contributed by atoms with van der Waals surface area (Å²) in [5, 5.41) is 8.69. The molecule has 2 aliphatic rings. The molecule has 160 valence electrons. The van der Waals surface area contributed by atoms with Crippen molar-refractivity contribution in [2.24, 2.45) is 0 Å². The van der Waals surface area contributed by atoms with E-state index in [-0.39, 0.29) is 23.3 Å². The number of fused-ring (bicyclic) bond motifs is 9. The summed E-state index contributed by atoms with van der Waals surface area (Å²) >= 11 is 0. The van der Waals surface area contributed by atoms with Gasteiger partial charge in [0.15, 0.2) is 0 Å². The summed E-state index contributed by atoms with van der Waals surface area (Å²) in [6.07, 6.45) is 0.877. The van der Waals surface area contributed by atoms with Crippen LogP contribution < -0.4 is 4.74 Å². The van der Waals surface area contributed by atoms with Crippen molar-refractivity contribution < 1.29 is 22.4 Å². The summed E-state index contributed by atoms with van der Waals surface area (Å²) in [4.78, 5) is 18.8. The normalized spacial score (nSPS) is 20.4. The molecule has 2 atom stereocenters. The lowest BCUT2D eigenvalue weighted by Gasteiger charge is -2.24. The molecule has 8 heteroatoms. The summed E-state index contributed by atoms with van der Waals surface area (Å²) in [7, 11) is 0. The summed E-state index contributed by atoms with van der Waals surface area (Å²) < 4.78 is 57.2. The Kier molecular flexibility index (Phi) is 4.00. The molecule has 0 unspecified atom stereocenters. The standard InChI is InChI=1S/C24H18F2N4O2/c1-29-19-13-18(21-15(23(29)31)7-5-8-20(21)32-24(25)26)30-17-12-14(6-3-2-4-11-27)9-10-16(17)28-22(19)30/h5,7-10,12,18-19,24H,2,4,13H2,1H3/t18-,19-/m1/s1/i1D3. The van der Waals surface area contributed by atoms with Crippen LogP contribution in [0.15, 0.2) is 36.4 Å². The van der Waals surface area contributed by atoms with E-state index in [1.54, 1.807) is 22.8 Å². The molecule has 1 aromatic heterocycles. The Morgan fingerprint density at radius 2 is 2.19 bits per heavy atom. The lowest BCUT2D eigenvalue weighted by molar-refractivity contribution is -0.0507. The van der Waals surface area contributed by atoms with Gasteiger partial charge in [0, 0.05) is 47.0 Å². The molecule has 0 spiro atoms. The zero-order chi connectivity index (χ0) is 24.9. The van der Waals surface area contributed by atoms with Crippen LogP contribution in [0.2, 0.25) is 0 Å². The second-order valence-electron chi connectivity index (χ2n) is 7.54. The number of amides is 1. The number of benzene rings is 2. The Morgan fingerprint density at radius 1 is 1.31 bits per heavy atom. The molecular weight excluding hydrogens is 414 g/mol. The van der Waals surface area contributed by atoms with Gasteiger partial charge in [0.2, 0.25) is 0 Å². The van der Waals surface area contributed by atoms with Crippen molar-refractivity contribution in [2.75, 3.05) is 6.98 Å². The summed E-state index contributed by atoms with van der Waals surface area (Å²) in [6.45, 7) is -5.90. The number of imidazole rings is 1. The van der Waals surface area contributed by atoms with Gasteiger partial charge >= 0.3 is 6.61 Å². The summed E-state index contributed by atoms with van der Waals surface area (Å²) in [5.41, 5.74) is 2.08. The van der Waals surface area contributed by atoms with E-state index >= 15 is 0 Å². The largest absolute Gasteiger partial charge is 0.434 e. The van der Waals surface area contributed by atoms with Crippen LogP contribution in [-0.2, 0) is 0 Å². The van der Waals surface area contributed by atoms with E-state index < -0.39 is 31.6 Å². The van der Waals surface area contributed by atoms with E-state index in [9.17, 15) is 13.6 Å². The number of carbonyl (C=O) groups excluding carboxylic acids is 1. The van der Waals surface area contributed by atoms with Crippen molar-refractivity contribution in [3.05, 3.63) is 58.9 Å². The van der Waals surface area contributed by atoms with Gasteiger partial charge in [-0.1, -0.05) is 17.9 Å². The van der Waals surface area contributed by atoms with E-state index in [4.69, 9.17) is 14.1 Å². The Bertz CT molecular complexity index is 1450. The predicted molar refractivity (Wildman–Crippen MR) is 112 cm³/mol. The van der Waals surface area contributed by atoms with Crippen molar-refractivity contribution >= 4 is 16.9 Å². The Morgan fingerprint density at radius 3 is 2.97 bits per heavy atom. The van der Waals surface area contributed by atoms with Crippen LogP contribution >= 0.6 is 0 Å². The summed E-state index contributed by atoms with van der Waals surface area (Å²) in [6, 6.07) is 9.97. The number of nitriles is 1. The highest BCUT2D eigenvalue weighted by Gasteiger charge is 2.44. The van der Waals surface area contributed by atoms with E-state index in [0.29, 0.717) is 35.3 Å². The molecule has 2 aliphatic heterocycles. The molecule has 0 saturated heterocycles. The number of rotatable bonds is 3. The fourth-order valence-electron chi connectivity index (χ4n) is 4.47. The third-order valence-corrected chi connectivity index (χ3v) is 5.74. The van der Waals surface area contributed by atoms with Crippen LogP contribution in [0.1, 0.15) is 62.8 Å². The van der Waals surface area contributed by atoms with Crippen LogP contribution in [0.4, 0.5) is 8.78 Å². The minimum atomic E-state index is -3.12. The lowest BCUT2D eigenvalue weighted by Crippen LogP contribution is -2.30. The quantitative estimate of drug-likeness (QED) is 0.451. The van der Waals surface area contributed by atoms with Gasteiger partial charge in [0.1, 0.15) is 11.6 Å². The molecule has 0 aliphatic carbocycles. The van der Waals surface area contributed by atoms with E-state index in [2.05, 4.69) is 16.8 Å². The van der Waals surface area contributed by atoms with Crippen molar-refractivity contribution in [3.8, 4) is 23.7 Å². The maximum atomic E-state index is 13.4. The second-order valence-corrected chi connectivity index (χ2v) is 7.54. The van der Waals surface area contributed by atoms with Crippen LogP contribution in [0, 0.1) is 23.2 Å². The average Bonchev–Trinajstić information content (AvgIpc) is 3.28. The number of hydrogen-bond acceptors (Lipinski definition) is 4. The van der Waals surface area contributed by atoms with Gasteiger partial charge in [0.05, 0.1) is 29.2 Å². The maximum Gasteiger partial charge on any atom is 0.387 e. The summed E-state index contributed by atoms with van der Waals surface area (Å²) in [5.74, 6) is 5.33. The minimum absolute atomic E-state index is 0.00623. The molecule has 3 heterocycles. The predicted octanol–water partition coefficient (Wildman–Crippen LogP) is 4.41. The Labute approximate surface area is 187 Å². The molecular formula is C24H18F2N4O2. The molecule has 2 bridgehead atoms. The number of aromatic nitrogens is 2. The highest BCUT2D eigenvalue weighted by Crippen LogP contribution is 2.49. The monoisotopic (exact) mass is 435 g/mol. The van der Waals surface area contributed by atoms with Gasteiger partial charge in [0.25, 0.3) is 5.91 Å². The van der Waals surface area contributed by atoms with Gasteiger partial charge in [-0.15, -0.1) is 0 Å². The van der Waals surface area contributed by atoms with Gasteiger partial charge in [-0.3, -0.25) is 4.79 Å². The van der Waals surface area contributed by atoms with Crippen molar-refractivity contribution in [1.82, 2.24) is 14.5 Å². The number of ether oxygens (including phenoxy) is 1. The molecule has 1 amide bonds. The molecule has 3 aromatic rings. The molecule has 0 saturated carbocycles. The van der Waals surface area contributed by atoms with Gasteiger partial charge in [-0.25, -0.2) is 4.98 Å². The van der Waals surface area contributed by atoms with Crippen molar-refractivity contribution in [3.63, 3.8) is 0 Å². The number of hydrogen-bond donors (Lipinski definition) is 0. The first-order valence-corrected chi connectivity index (χ1v) is 10.00. The smallest absolute Gasteiger partial charge is 0.387 e. The first-order chi connectivity index (χ1) is 16.7. The fourth-order valence-corrected chi connectivity index (χ4v) is 4.47. The number of alkyl halides is 2. The fraction of sp³-hybridized carbons (Fsp3) is 0.292.